The summed E-state index contributed by atoms with van der Waals surface area (Å²) in [5.74, 6) is -1.59. The lowest BCUT2D eigenvalue weighted by atomic mass is 10.1. The Balaban J connectivity index is 2.01. The number of carboxylic acid groups (broad SMARTS) is 1. The average Bonchev–Trinajstić information content (AvgIpc) is 3.00. The Kier molecular flexibility index (Phi) is 5.61. The fourth-order valence-corrected chi connectivity index (χ4v) is 2.14. The minimum absolute atomic E-state index is 0.225. The van der Waals surface area contributed by atoms with E-state index in [9.17, 15) is 19.7 Å². The van der Waals surface area contributed by atoms with Gasteiger partial charge in [0.15, 0.2) is 0 Å². The SMILES string of the molecule is O=C(O)CN(CCc1ccccc1)C(=O)Cn1cc([N+](=O)[O-])cn1. The fourth-order valence-electron chi connectivity index (χ4n) is 2.14. The van der Waals surface area contributed by atoms with Crippen molar-refractivity contribution in [1.82, 2.24) is 14.7 Å². The number of carbonyl (C=O) groups excluding carboxylic acids is 1. The third-order valence-electron chi connectivity index (χ3n) is 3.32. The summed E-state index contributed by atoms with van der Waals surface area (Å²) < 4.78 is 1.12. The normalized spacial score (nSPS) is 10.3. The van der Waals surface area contributed by atoms with Crippen molar-refractivity contribution in [2.45, 2.75) is 13.0 Å². The molecular weight excluding hydrogens is 316 g/mol. The Labute approximate surface area is 137 Å². The van der Waals surface area contributed by atoms with Gasteiger partial charge in [0.2, 0.25) is 5.91 Å². The number of hydrogen-bond donors (Lipinski definition) is 1. The fraction of sp³-hybridized carbons (Fsp3) is 0.267. The summed E-state index contributed by atoms with van der Waals surface area (Å²) in [6.07, 6.45) is 2.69. The van der Waals surface area contributed by atoms with E-state index in [2.05, 4.69) is 5.10 Å². The van der Waals surface area contributed by atoms with Crippen LogP contribution in [0.1, 0.15) is 5.56 Å². The molecule has 0 radical (unpaired) electrons. The second kappa shape index (κ2) is 7.86. The molecule has 1 heterocycles. The number of nitrogens with zero attached hydrogens (tertiary/aromatic N) is 4. The van der Waals surface area contributed by atoms with Gasteiger partial charge in [0.1, 0.15) is 25.5 Å². The van der Waals surface area contributed by atoms with Crippen molar-refractivity contribution in [3.63, 3.8) is 0 Å². The van der Waals surface area contributed by atoms with E-state index in [4.69, 9.17) is 5.11 Å². The van der Waals surface area contributed by atoms with E-state index in [1.54, 1.807) is 0 Å². The molecule has 0 aliphatic carbocycles. The molecule has 1 aromatic heterocycles. The van der Waals surface area contributed by atoms with E-state index >= 15 is 0 Å². The predicted octanol–water partition coefficient (Wildman–Crippen LogP) is 0.947. The number of hydrogen-bond acceptors (Lipinski definition) is 5. The molecule has 2 rings (SSSR count). The van der Waals surface area contributed by atoms with Crippen LogP contribution in [-0.4, -0.2) is 49.7 Å². The highest BCUT2D eigenvalue weighted by Gasteiger charge is 2.19. The third-order valence-corrected chi connectivity index (χ3v) is 3.32. The van der Waals surface area contributed by atoms with Crippen LogP contribution < -0.4 is 0 Å². The summed E-state index contributed by atoms with van der Waals surface area (Å²) in [6.45, 7) is -0.455. The van der Waals surface area contributed by atoms with Crippen molar-refractivity contribution < 1.29 is 19.6 Å². The summed E-state index contributed by atoms with van der Waals surface area (Å²) in [5.41, 5.74) is 0.757. The molecule has 9 nitrogen and oxygen atoms in total. The molecule has 126 valence electrons. The first-order chi connectivity index (χ1) is 11.5. The lowest BCUT2D eigenvalue weighted by Gasteiger charge is -2.20. The van der Waals surface area contributed by atoms with Gasteiger partial charge >= 0.3 is 11.7 Å². The number of aliphatic carboxylic acids is 1. The monoisotopic (exact) mass is 332 g/mol. The van der Waals surface area contributed by atoms with Crippen LogP contribution in [0.3, 0.4) is 0 Å². The minimum Gasteiger partial charge on any atom is -0.480 e. The zero-order valence-corrected chi connectivity index (χ0v) is 12.7. The van der Waals surface area contributed by atoms with Crippen molar-refractivity contribution in [2.24, 2.45) is 0 Å². The molecule has 2 aromatic rings. The number of rotatable bonds is 8. The van der Waals surface area contributed by atoms with Gasteiger partial charge in [0, 0.05) is 6.54 Å². The highest BCUT2D eigenvalue weighted by Crippen LogP contribution is 2.08. The zero-order chi connectivity index (χ0) is 17.5. The van der Waals surface area contributed by atoms with Crippen molar-refractivity contribution in [2.75, 3.05) is 13.1 Å². The summed E-state index contributed by atoms with van der Waals surface area (Å²) in [7, 11) is 0. The first-order valence-corrected chi connectivity index (χ1v) is 7.16. The number of nitro groups is 1. The maximum Gasteiger partial charge on any atom is 0.323 e. The standard InChI is InChI=1S/C15H16N4O5/c20-14(10-18-9-13(8-16-18)19(23)24)17(11-15(21)22)7-6-12-4-2-1-3-5-12/h1-5,8-9H,6-7,10-11H2,(H,21,22). The number of aromatic nitrogens is 2. The van der Waals surface area contributed by atoms with Crippen LogP contribution in [0.2, 0.25) is 0 Å². The van der Waals surface area contributed by atoms with E-state index in [0.29, 0.717) is 6.42 Å². The molecule has 9 heteroatoms. The average molecular weight is 332 g/mol. The molecule has 0 bridgehead atoms. The Morgan fingerprint density at radius 3 is 2.58 bits per heavy atom. The molecule has 1 N–H and O–H groups in total. The lowest BCUT2D eigenvalue weighted by molar-refractivity contribution is -0.385. The molecule has 0 unspecified atom stereocenters. The topological polar surface area (TPSA) is 119 Å². The van der Waals surface area contributed by atoms with Crippen LogP contribution in [0.5, 0.6) is 0 Å². The molecule has 24 heavy (non-hydrogen) atoms. The smallest absolute Gasteiger partial charge is 0.323 e. The van der Waals surface area contributed by atoms with Crippen LogP contribution >= 0.6 is 0 Å². The second-order valence-electron chi connectivity index (χ2n) is 5.10. The molecule has 0 aliphatic heterocycles. The third kappa shape index (κ3) is 4.90. The molecule has 0 spiro atoms. The maximum atomic E-state index is 12.3. The number of carbonyl (C=O) groups is 2. The van der Waals surface area contributed by atoms with Crippen LogP contribution in [0.4, 0.5) is 5.69 Å². The van der Waals surface area contributed by atoms with Crippen molar-refractivity contribution in [3.8, 4) is 0 Å². The summed E-state index contributed by atoms with van der Waals surface area (Å²) >= 11 is 0. The molecule has 0 atom stereocenters. The second-order valence-corrected chi connectivity index (χ2v) is 5.10. The summed E-state index contributed by atoms with van der Waals surface area (Å²) in [6, 6.07) is 9.37. The van der Waals surface area contributed by atoms with Gasteiger partial charge < -0.3 is 10.0 Å². The number of amides is 1. The van der Waals surface area contributed by atoms with E-state index < -0.39 is 23.3 Å². The molecule has 1 aromatic carbocycles. The Morgan fingerprint density at radius 2 is 2.00 bits per heavy atom. The van der Waals surface area contributed by atoms with E-state index in [0.717, 1.165) is 22.6 Å². The van der Waals surface area contributed by atoms with Crippen molar-refractivity contribution >= 4 is 17.6 Å². The molecule has 0 saturated carbocycles. The highest BCUT2D eigenvalue weighted by atomic mass is 16.6. The van der Waals surface area contributed by atoms with Gasteiger partial charge in [-0.2, -0.15) is 5.10 Å². The van der Waals surface area contributed by atoms with Gasteiger partial charge in [-0.15, -0.1) is 0 Å². The molecule has 0 aliphatic rings. The van der Waals surface area contributed by atoms with E-state index in [1.165, 1.54) is 4.90 Å². The largest absolute Gasteiger partial charge is 0.480 e. The first kappa shape index (κ1) is 17.1. The van der Waals surface area contributed by atoms with Gasteiger partial charge in [-0.1, -0.05) is 30.3 Å². The number of benzene rings is 1. The molecule has 1 amide bonds. The van der Waals surface area contributed by atoms with Crippen LogP contribution in [-0.2, 0) is 22.6 Å². The lowest BCUT2D eigenvalue weighted by Crippen LogP contribution is -2.39. The quantitative estimate of drug-likeness (QED) is 0.568. The van der Waals surface area contributed by atoms with Gasteiger partial charge in [-0.3, -0.25) is 24.4 Å². The Hall–Kier alpha value is -3.23. The van der Waals surface area contributed by atoms with Gasteiger partial charge in [-0.05, 0) is 12.0 Å². The van der Waals surface area contributed by atoms with Crippen molar-refractivity contribution in [1.29, 1.82) is 0 Å². The minimum atomic E-state index is -1.12. The molecule has 0 saturated heterocycles. The highest BCUT2D eigenvalue weighted by molar-refractivity contribution is 5.81. The Bertz CT molecular complexity index is 728. The number of carboxylic acids is 1. The summed E-state index contributed by atoms with van der Waals surface area (Å²) in [5, 5.41) is 23.3. The maximum absolute atomic E-state index is 12.3. The van der Waals surface area contributed by atoms with Crippen LogP contribution in [0.15, 0.2) is 42.7 Å². The Morgan fingerprint density at radius 1 is 1.29 bits per heavy atom. The van der Waals surface area contributed by atoms with Gasteiger partial charge in [0.05, 0.1) is 4.92 Å². The van der Waals surface area contributed by atoms with E-state index in [1.807, 2.05) is 30.3 Å². The van der Waals surface area contributed by atoms with Crippen molar-refractivity contribution in [3.05, 3.63) is 58.4 Å². The van der Waals surface area contributed by atoms with Crippen LogP contribution in [0.25, 0.3) is 0 Å². The van der Waals surface area contributed by atoms with Crippen LogP contribution in [0, 0.1) is 10.1 Å². The zero-order valence-electron chi connectivity index (χ0n) is 12.7. The molecular formula is C15H16N4O5. The molecule has 0 fully saturated rings. The van der Waals surface area contributed by atoms with Gasteiger partial charge in [-0.25, -0.2) is 0 Å². The summed E-state index contributed by atoms with van der Waals surface area (Å²) in [4.78, 5) is 34.4. The van der Waals surface area contributed by atoms with E-state index in [-0.39, 0.29) is 18.8 Å². The predicted molar refractivity (Wildman–Crippen MR) is 83.2 cm³/mol. The first-order valence-electron chi connectivity index (χ1n) is 7.16. The van der Waals surface area contributed by atoms with Gasteiger partial charge in [0.25, 0.3) is 0 Å².